The van der Waals surface area contributed by atoms with E-state index in [4.69, 9.17) is 9.84 Å². The van der Waals surface area contributed by atoms with E-state index in [0.717, 1.165) is 12.1 Å². The van der Waals surface area contributed by atoms with Gasteiger partial charge in [-0.1, -0.05) is 12.1 Å². The molecule has 27 heavy (non-hydrogen) atoms. The molecule has 5 nitrogen and oxygen atoms in total. The van der Waals surface area contributed by atoms with Crippen molar-refractivity contribution in [2.24, 2.45) is 0 Å². The standard InChI is InChI=1S/C19H18F3NO4/c1-11(2)27-16-8-5-13(18(25)26)10-15(16)23-17(24)9-12-3-6-14(7-4-12)19(20,21)22/h3-8,10-11H,9H2,1-2H3,(H,23,24)(H,25,26). The molecule has 2 aromatic rings. The Morgan fingerprint density at radius 3 is 2.26 bits per heavy atom. The predicted molar refractivity (Wildman–Crippen MR) is 92.9 cm³/mol. The predicted octanol–water partition coefficient (Wildman–Crippen LogP) is 4.37. The van der Waals surface area contributed by atoms with Crippen LogP contribution in [0.1, 0.15) is 35.3 Å². The first-order valence-corrected chi connectivity index (χ1v) is 8.06. The zero-order valence-electron chi connectivity index (χ0n) is 14.6. The Kier molecular flexibility index (Phi) is 6.09. The van der Waals surface area contributed by atoms with Crippen LogP contribution in [0.25, 0.3) is 0 Å². The number of halogens is 3. The number of ether oxygens (including phenoxy) is 1. The Bertz CT molecular complexity index is 830. The molecule has 0 saturated carbocycles. The number of alkyl halides is 3. The van der Waals surface area contributed by atoms with Gasteiger partial charge in [-0.2, -0.15) is 13.2 Å². The molecule has 0 radical (unpaired) electrons. The SMILES string of the molecule is CC(C)Oc1ccc(C(=O)O)cc1NC(=O)Cc1ccc(C(F)(F)F)cc1. The quantitative estimate of drug-likeness (QED) is 0.779. The third-order valence-electron chi connectivity index (χ3n) is 3.51. The minimum atomic E-state index is -4.44. The molecule has 0 aliphatic rings. The summed E-state index contributed by atoms with van der Waals surface area (Å²) in [6.07, 6.45) is -4.82. The van der Waals surface area contributed by atoms with Crippen LogP contribution in [0.4, 0.5) is 18.9 Å². The second-order valence-corrected chi connectivity index (χ2v) is 6.10. The van der Waals surface area contributed by atoms with Crippen LogP contribution in [-0.2, 0) is 17.4 Å². The van der Waals surface area contributed by atoms with Gasteiger partial charge in [0.25, 0.3) is 0 Å². The number of rotatable bonds is 6. The second-order valence-electron chi connectivity index (χ2n) is 6.10. The highest BCUT2D eigenvalue weighted by molar-refractivity contribution is 5.96. The molecule has 0 aliphatic heterocycles. The van der Waals surface area contributed by atoms with Gasteiger partial charge in [-0.25, -0.2) is 4.79 Å². The molecule has 1 amide bonds. The van der Waals surface area contributed by atoms with Crippen LogP contribution in [0.15, 0.2) is 42.5 Å². The molecule has 0 fully saturated rings. The third kappa shape index (κ3) is 5.73. The summed E-state index contributed by atoms with van der Waals surface area (Å²) in [5.41, 5.74) is -0.258. The summed E-state index contributed by atoms with van der Waals surface area (Å²) >= 11 is 0. The Morgan fingerprint density at radius 2 is 1.74 bits per heavy atom. The number of aromatic carboxylic acids is 1. The van der Waals surface area contributed by atoms with Gasteiger partial charge in [-0.3, -0.25) is 4.79 Å². The lowest BCUT2D eigenvalue weighted by molar-refractivity contribution is -0.137. The second kappa shape index (κ2) is 8.11. The lowest BCUT2D eigenvalue weighted by Gasteiger charge is -2.15. The number of benzene rings is 2. The number of carbonyl (C=O) groups is 2. The summed E-state index contributed by atoms with van der Waals surface area (Å²) in [4.78, 5) is 23.4. The van der Waals surface area contributed by atoms with Crippen LogP contribution in [0.3, 0.4) is 0 Å². The minimum Gasteiger partial charge on any atom is -0.489 e. The Hall–Kier alpha value is -3.03. The van der Waals surface area contributed by atoms with Gasteiger partial charge in [0.05, 0.1) is 29.3 Å². The highest BCUT2D eigenvalue weighted by Crippen LogP contribution is 2.30. The van der Waals surface area contributed by atoms with E-state index in [1.807, 2.05) is 0 Å². The van der Waals surface area contributed by atoms with Crippen LogP contribution in [0.2, 0.25) is 0 Å². The van der Waals surface area contributed by atoms with Crippen molar-refractivity contribution in [3.63, 3.8) is 0 Å². The molecule has 0 aromatic heterocycles. The molecule has 144 valence electrons. The van der Waals surface area contributed by atoms with Crippen molar-refractivity contribution in [2.75, 3.05) is 5.32 Å². The van der Waals surface area contributed by atoms with Crippen LogP contribution < -0.4 is 10.1 Å². The molecule has 0 atom stereocenters. The fourth-order valence-electron chi connectivity index (χ4n) is 2.31. The van der Waals surface area contributed by atoms with Gasteiger partial charge >= 0.3 is 12.1 Å². The van der Waals surface area contributed by atoms with Crippen LogP contribution >= 0.6 is 0 Å². The minimum absolute atomic E-state index is 0.0315. The zero-order valence-corrected chi connectivity index (χ0v) is 14.6. The number of carboxylic acids is 1. The van der Waals surface area contributed by atoms with E-state index in [0.29, 0.717) is 11.3 Å². The fourth-order valence-corrected chi connectivity index (χ4v) is 2.31. The zero-order chi connectivity index (χ0) is 20.2. The topological polar surface area (TPSA) is 75.6 Å². The number of hydrogen-bond acceptors (Lipinski definition) is 3. The van der Waals surface area contributed by atoms with Gasteiger partial charge in [0.2, 0.25) is 5.91 Å². The van der Waals surface area contributed by atoms with E-state index in [2.05, 4.69) is 5.32 Å². The maximum Gasteiger partial charge on any atom is 0.416 e. The molecule has 0 unspecified atom stereocenters. The van der Waals surface area contributed by atoms with Gasteiger partial charge in [0.1, 0.15) is 5.75 Å². The normalized spacial score (nSPS) is 11.3. The van der Waals surface area contributed by atoms with E-state index >= 15 is 0 Å². The summed E-state index contributed by atoms with van der Waals surface area (Å²) in [7, 11) is 0. The van der Waals surface area contributed by atoms with E-state index in [-0.39, 0.29) is 23.8 Å². The average Bonchev–Trinajstić information content (AvgIpc) is 2.55. The molecular weight excluding hydrogens is 363 g/mol. The van der Waals surface area contributed by atoms with Gasteiger partial charge < -0.3 is 15.2 Å². The number of hydrogen-bond donors (Lipinski definition) is 2. The van der Waals surface area contributed by atoms with E-state index in [1.165, 1.54) is 30.3 Å². The molecule has 0 spiro atoms. The molecular formula is C19H18F3NO4. The molecule has 2 aromatic carbocycles. The average molecular weight is 381 g/mol. The number of nitrogens with one attached hydrogen (secondary N) is 1. The van der Waals surface area contributed by atoms with Gasteiger partial charge in [0.15, 0.2) is 0 Å². The maximum absolute atomic E-state index is 12.6. The van der Waals surface area contributed by atoms with E-state index < -0.39 is 23.6 Å². The first kappa shape index (κ1) is 20.3. The van der Waals surface area contributed by atoms with Crippen molar-refractivity contribution >= 4 is 17.6 Å². The van der Waals surface area contributed by atoms with Crippen LogP contribution in [-0.4, -0.2) is 23.1 Å². The monoisotopic (exact) mass is 381 g/mol. The Balaban J connectivity index is 2.16. The maximum atomic E-state index is 12.6. The first-order chi connectivity index (χ1) is 12.6. The molecule has 0 aliphatic carbocycles. The highest BCUT2D eigenvalue weighted by atomic mass is 19.4. The van der Waals surface area contributed by atoms with Crippen molar-refractivity contribution in [2.45, 2.75) is 32.5 Å². The van der Waals surface area contributed by atoms with Crippen molar-refractivity contribution in [3.05, 3.63) is 59.2 Å². The van der Waals surface area contributed by atoms with E-state index in [9.17, 15) is 22.8 Å². The lowest BCUT2D eigenvalue weighted by atomic mass is 10.1. The Morgan fingerprint density at radius 1 is 1.11 bits per heavy atom. The summed E-state index contributed by atoms with van der Waals surface area (Å²) < 4.78 is 43.3. The molecule has 8 heteroatoms. The third-order valence-corrected chi connectivity index (χ3v) is 3.51. The summed E-state index contributed by atoms with van der Waals surface area (Å²) in [5, 5.41) is 11.7. The van der Waals surface area contributed by atoms with Gasteiger partial charge in [-0.05, 0) is 49.7 Å². The number of carbonyl (C=O) groups excluding carboxylic acids is 1. The van der Waals surface area contributed by atoms with Crippen LogP contribution in [0.5, 0.6) is 5.75 Å². The number of carboxylic acid groups (broad SMARTS) is 1. The number of amides is 1. The summed E-state index contributed by atoms with van der Waals surface area (Å²) in [6, 6.07) is 8.32. The molecule has 0 heterocycles. The van der Waals surface area contributed by atoms with E-state index in [1.54, 1.807) is 13.8 Å². The molecule has 2 N–H and O–H groups in total. The largest absolute Gasteiger partial charge is 0.489 e. The highest BCUT2D eigenvalue weighted by Gasteiger charge is 2.30. The summed E-state index contributed by atoms with van der Waals surface area (Å²) in [5.74, 6) is -1.37. The lowest BCUT2D eigenvalue weighted by Crippen LogP contribution is -2.17. The smallest absolute Gasteiger partial charge is 0.416 e. The van der Waals surface area contributed by atoms with Gasteiger partial charge in [0, 0.05) is 0 Å². The first-order valence-electron chi connectivity index (χ1n) is 8.06. The molecule has 0 bridgehead atoms. The summed E-state index contributed by atoms with van der Waals surface area (Å²) in [6.45, 7) is 3.55. The molecule has 0 saturated heterocycles. The van der Waals surface area contributed by atoms with Crippen LogP contribution in [0, 0.1) is 0 Å². The van der Waals surface area contributed by atoms with Crippen molar-refractivity contribution in [3.8, 4) is 5.75 Å². The van der Waals surface area contributed by atoms with Gasteiger partial charge in [-0.15, -0.1) is 0 Å². The fraction of sp³-hybridized carbons (Fsp3) is 0.263. The molecule has 2 rings (SSSR count). The van der Waals surface area contributed by atoms with Crippen molar-refractivity contribution in [1.29, 1.82) is 0 Å². The Labute approximate surface area is 153 Å². The number of anilines is 1. The van der Waals surface area contributed by atoms with Crippen molar-refractivity contribution < 1.29 is 32.6 Å². The van der Waals surface area contributed by atoms with Crippen molar-refractivity contribution in [1.82, 2.24) is 0 Å².